The Balaban J connectivity index is 3.07. The predicted octanol–water partition coefficient (Wildman–Crippen LogP) is 0.435. The van der Waals surface area contributed by atoms with E-state index in [1.54, 1.807) is 0 Å². The Hall–Kier alpha value is -1.78. The number of aryl methyl sites for hydroxylation is 1. The second-order valence-electron chi connectivity index (χ2n) is 2.97. The number of halogens is 3. The Morgan fingerprint density at radius 3 is 2.44 bits per heavy atom. The minimum Gasteiger partial charge on any atom is -0.464 e. The Bertz CT molecular complexity index is 562. The fourth-order valence-corrected chi connectivity index (χ4v) is 1.37. The summed E-state index contributed by atoms with van der Waals surface area (Å²) in [4.78, 5) is 11.0. The minimum absolute atomic E-state index is 0.382. The van der Waals surface area contributed by atoms with Gasteiger partial charge in [-0.2, -0.15) is 26.7 Å². The zero-order chi connectivity index (χ0) is 14.1. The number of carbonyl (C=O) groups excluding carboxylic acids is 1. The third-order valence-electron chi connectivity index (χ3n) is 1.71. The second-order valence-corrected chi connectivity index (χ2v) is 4.50. The molecule has 0 bridgehead atoms. The maximum absolute atomic E-state index is 12.0. The number of hydrogen-bond donors (Lipinski definition) is 0. The van der Waals surface area contributed by atoms with E-state index in [1.165, 1.54) is 0 Å². The molecule has 0 saturated carbocycles. The molecule has 0 amide bonds. The number of aromatic nitrogens is 2. The van der Waals surface area contributed by atoms with Crippen molar-refractivity contribution in [2.45, 2.75) is 5.51 Å². The molecule has 1 aromatic heterocycles. The summed E-state index contributed by atoms with van der Waals surface area (Å²) in [5.74, 6) is -1.70. The van der Waals surface area contributed by atoms with Gasteiger partial charge in [0.25, 0.3) is 0 Å². The summed E-state index contributed by atoms with van der Waals surface area (Å²) in [6, 6.07) is 0.717. The van der Waals surface area contributed by atoms with Crippen LogP contribution in [0.2, 0.25) is 0 Å². The van der Waals surface area contributed by atoms with Gasteiger partial charge in [-0.3, -0.25) is 0 Å². The Kier molecular flexibility index (Phi) is 3.55. The normalized spacial score (nSPS) is 12.3. The van der Waals surface area contributed by atoms with E-state index in [4.69, 9.17) is 0 Å². The van der Waals surface area contributed by atoms with Gasteiger partial charge in [0.15, 0.2) is 5.69 Å². The Morgan fingerprint density at radius 2 is 2.00 bits per heavy atom. The number of ether oxygens (including phenoxy) is 1. The third-order valence-corrected chi connectivity index (χ3v) is 2.67. The number of esters is 1. The van der Waals surface area contributed by atoms with Crippen LogP contribution in [0.1, 0.15) is 10.5 Å². The van der Waals surface area contributed by atoms with Crippen molar-refractivity contribution < 1.29 is 35.3 Å². The molecule has 1 aromatic rings. The van der Waals surface area contributed by atoms with Crippen molar-refractivity contribution in [3.63, 3.8) is 0 Å². The first-order valence-corrected chi connectivity index (χ1v) is 5.62. The summed E-state index contributed by atoms with van der Waals surface area (Å²) in [6.45, 7) is 0. The largest absolute Gasteiger partial charge is 0.534 e. The predicted molar refractivity (Wildman–Crippen MR) is 50.2 cm³/mol. The topological polar surface area (TPSA) is 87.5 Å². The van der Waals surface area contributed by atoms with Crippen LogP contribution in [0.15, 0.2) is 6.07 Å². The minimum atomic E-state index is -5.81. The fraction of sp³-hybridized carbons (Fsp3) is 0.429. The van der Waals surface area contributed by atoms with E-state index in [-0.39, 0.29) is 5.69 Å². The molecule has 18 heavy (non-hydrogen) atoms. The van der Waals surface area contributed by atoms with Crippen LogP contribution in [0.25, 0.3) is 0 Å². The number of nitrogens with zero attached hydrogens (tertiary/aromatic N) is 2. The molecule has 1 rings (SSSR count). The van der Waals surface area contributed by atoms with Gasteiger partial charge in [-0.05, 0) is 0 Å². The number of rotatable bonds is 3. The van der Waals surface area contributed by atoms with Gasteiger partial charge >= 0.3 is 21.6 Å². The molecule has 0 N–H and O–H groups in total. The lowest BCUT2D eigenvalue weighted by atomic mass is 10.4. The first kappa shape index (κ1) is 14.3. The van der Waals surface area contributed by atoms with E-state index < -0.39 is 27.5 Å². The fourth-order valence-electron chi connectivity index (χ4n) is 0.892. The first-order chi connectivity index (χ1) is 8.08. The molecule has 102 valence electrons. The average Bonchev–Trinajstić information content (AvgIpc) is 2.57. The standard InChI is InChI=1S/C7H7F3N2O5S/c1-12-5(3-4(11-12)6(13)16-2)17-18(14,15)7(8,9)10/h3H,1-2H3. The zero-order valence-electron chi connectivity index (χ0n) is 9.06. The molecule has 0 spiro atoms. The molecule has 0 aliphatic carbocycles. The molecule has 0 unspecified atom stereocenters. The number of methoxy groups -OCH3 is 1. The molecule has 0 aromatic carbocycles. The monoisotopic (exact) mass is 288 g/mol. The summed E-state index contributed by atoms with van der Waals surface area (Å²) >= 11 is 0. The number of alkyl halides is 3. The quantitative estimate of drug-likeness (QED) is 0.455. The maximum Gasteiger partial charge on any atom is 0.534 e. The highest BCUT2D eigenvalue weighted by molar-refractivity contribution is 7.87. The van der Waals surface area contributed by atoms with E-state index in [9.17, 15) is 26.4 Å². The summed E-state index contributed by atoms with van der Waals surface area (Å²) in [7, 11) is -3.67. The van der Waals surface area contributed by atoms with Crippen molar-refractivity contribution >= 4 is 16.1 Å². The smallest absolute Gasteiger partial charge is 0.464 e. The van der Waals surface area contributed by atoms with Crippen LogP contribution < -0.4 is 4.18 Å². The van der Waals surface area contributed by atoms with Crippen LogP contribution in [-0.2, 0) is 21.9 Å². The molecule has 0 radical (unpaired) electrons. The Labute approximate surface area is 99.2 Å². The third kappa shape index (κ3) is 2.72. The van der Waals surface area contributed by atoms with Crippen LogP contribution in [0, 0.1) is 0 Å². The van der Waals surface area contributed by atoms with Gasteiger partial charge in [0.1, 0.15) is 0 Å². The highest BCUT2D eigenvalue weighted by Crippen LogP contribution is 2.27. The van der Waals surface area contributed by atoms with Crippen LogP contribution in [0.5, 0.6) is 5.88 Å². The molecule has 0 saturated heterocycles. The van der Waals surface area contributed by atoms with Gasteiger partial charge in [0, 0.05) is 13.1 Å². The summed E-state index contributed by atoms with van der Waals surface area (Å²) in [5, 5.41) is 3.43. The lowest BCUT2D eigenvalue weighted by molar-refractivity contribution is -0.0502. The molecular weight excluding hydrogens is 281 g/mol. The van der Waals surface area contributed by atoms with Gasteiger partial charge in [-0.15, -0.1) is 0 Å². The van der Waals surface area contributed by atoms with Crippen LogP contribution >= 0.6 is 0 Å². The van der Waals surface area contributed by atoms with Crippen molar-refractivity contribution in [3.05, 3.63) is 11.8 Å². The lowest BCUT2D eigenvalue weighted by Gasteiger charge is -2.08. The van der Waals surface area contributed by atoms with Crippen LogP contribution in [-0.4, -0.2) is 36.8 Å². The maximum atomic E-state index is 12.0. The molecule has 0 atom stereocenters. The highest BCUT2D eigenvalue weighted by atomic mass is 32.2. The molecular formula is C7H7F3N2O5S. The Morgan fingerprint density at radius 1 is 1.44 bits per heavy atom. The average molecular weight is 288 g/mol. The lowest BCUT2D eigenvalue weighted by Crippen LogP contribution is -2.28. The van der Waals surface area contributed by atoms with E-state index in [0.717, 1.165) is 20.2 Å². The van der Waals surface area contributed by atoms with Gasteiger partial charge in [-0.25, -0.2) is 9.48 Å². The molecule has 0 aliphatic heterocycles. The van der Waals surface area contributed by atoms with E-state index >= 15 is 0 Å². The second kappa shape index (κ2) is 4.48. The van der Waals surface area contributed by atoms with Crippen molar-refractivity contribution in [1.82, 2.24) is 9.78 Å². The van der Waals surface area contributed by atoms with Crippen molar-refractivity contribution in [3.8, 4) is 5.88 Å². The molecule has 0 aliphatic rings. The first-order valence-electron chi connectivity index (χ1n) is 4.21. The zero-order valence-corrected chi connectivity index (χ0v) is 9.87. The molecule has 0 fully saturated rings. The van der Waals surface area contributed by atoms with Gasteiger partial charge < -0.3 is 8.92 Å². The number of carbonyl (C=O) groups is 1. The van der Waals surface area contributed by atoms with Gasteiger partial charge in [0.05, 0.1) is 7.11 Å². The van der Waals surface area contributed by atoms with E-state index in [1.807, 2.05) is 0 Å². The SMILES string of the molecule is COC(=O)c1cc(OS(=O)(=O)C(F)(F)F)n(C)n1. The highest BCUT2D eigenvalue weighted by Gasteiger charge is 2.49. The van der Waals surface area contributed by atoms with E-state index in [0.29, 0.717) is 4.68 Å². The molecule has 7 nitrogen and oxygen atoms in total. The molecule has 11 heteroatoms. The van der Waals surface area contributed by atoms with E-state index in [2.05, 4.69) is 14.0 Å². The summed E-state index contributed by atoms with van der Waals surface area (Å²) in [5.41, 5.74) is -5.95. The summed E-state index contributed by atoms with van der Waals surface area (Å²) < 4.78 is 66.3. The van der Waals surface area contributed by atoms with Crippen molar-refractivity contribution in [1.29, 1.82) is 0 Å². The number of hydrogen-bond acceptors (Lipinski definition) is 6. The molecule has 1 heterocycles. The van der Waals surface area contributed by atoms with Crippen molar-refractivity contribution in [2.75, 3.05) is 7.11 Å². The van der Waals surface area contributed by atoms with Gasteiger partial charge in [0.2, 0.25) is 5.88 Å². The van der Waals surface area contributed by atoms with Crippen LogP contribution in [0.4, 0.5) is 13.2 Å². The van der Waals surface area contributed by atoms with Gasteiger partial charge in [-0.1, -0.05) is 0 Å². The van der Waals surface area contributed by atoms with Crippen LogP contribution in [0.3, 0.4) is 0 Å². The summed E-state index contributed by atoms with van der Waals surface area (Å²) in [6.07, 6.45) is 0. The van der Waals surface area contributed by atoms with Crippen molar-refractivity contribution in [2.24, 2.45) is 7.05 Å².